The van der Waals surface area contributed by atoms with E-state index in [1.165, 1.54) is 6.42 Å². The lowest BCUT2D eigenvalue weighted by Gasteiger charge is -2.14. The quantitative estimate of drug-likeness (QED) is 0.862. The van der Waals surface area contributed by atoms with Crippen molar-refractivity contribution in [3.05, 3.63) is 53.5 Å². The molecule has 1 fully saturated rings. The molecule has 21 heavy (non-hydrogen) atoms. The zero-order valence-electron chi connectivity index (χ0n) is 12.6. The highest BCUT2D eigenvalue weighted by Crippen LogP contribution is 2.48. The fourth-order valence-corrected chi connectivity index (χ4v) is 2.64. The number of hydrogen-bond acceptors (Lipinski definition) is 3. The highest BCUT2D eigenvalue weighted by atomic mass is 16.5. The van der Waals surface area contributed by atoms with Crippen molar-refractivity contribution >= 4 is 0 Å². The molecule has 2 aromatic rings. The van der Waals surface area contributed by atoms with Crippen LogP contribution in [0.4, 0.5) is 0 Å². The van der Waals surface area contributed by atoms with Gasteiger partial charge in [-0.25, -0.2) is 0 Å². The minimum atomic E-state index is -0.777. The first-order valence-electron chi connectivity index (χ1n) is 7.70. The van der Waals surface area contributed by atoms with E-state index in [0.29, 0.717) is 24.2 Å². The van der Waals surface area contributed by atoms with E-state index in [-0.39, 0.29) is 0 Å². The summed E-state index contributed by atoms with van der Waals surface area (Å²) < 4.78 is 11.6. The maximum absolute atomic E-state index is 10.6. The number of aliphatic hydroxyl groups is 1. The fraction of sp³-hybridized carbons (Fsp3) is 0.444. The molecule has 3 rings (SSSR count). The molecule has 0 spiro atoms. The normalized spacial score (nSPS) is 22.0. The molecule has 3 nitrogen and oxygen atoms in total. The number of aliphatic hydroxyl groups excluding tert-OH is 1. The van der Waals surface area contributed by atoms with Gasteiger partial charge in [-0.3, -0.25) is 0 Å². The molecule has 1 aromatic carbocycles. The second-order valence-electron chi connectivity index (χ2n) is 5.85. The summed E-state index contributed by atoms with van der Waals surface area (Å²) in [6.45, 7) is 4.93. The fourth-order valence-electron chi connectivity index (χ4n) is 2.64. The highest BCUT2D eigenvalue weighted by molar-refractivity contribution is 5.38. The van der Waals surface area contributed by atoms with Gasteiger partial charge in [-0.1, -0.05) is 32.0 Å². The second-order valence-corrected chi connectivity index (χ2v) is 5.85. The van der Waals surface area contributed by atoms with Crippen LogP contribution >= 0.6 is 0 Å². The molecule has 0 radical (unpaired) electrons. The molecule has 0 aliphatic heterocycles. The number of hydrogen-bond donors (Lipinski definition) is 1. The summed E-state index contributed by atoms with van der Waals surface area (Å²) in [5, 5.41) is 10.6. The van der Waals surface area contributed by atoms with Gasteiger partial charge in [-0.05, 0) is 37.0 Å². The summed E-state index contributed by atoms with van der Waals surface area (Å²) in [7, 11) is 0. The van der Waals surface area contributed by atoms with Gasteiger partial charge in [0, 0.05) is 11.5 Å². The molecule has 1 aliphatic carbocycles. The Morgan fingerprint density at radius 2 is 2.05 bits per heavy atom. The van der Waals surface area contributed by atoms with Crippen LogP contribution in [0.3, 0.4) is 0 Å². The zero-order valence-corrected chi connectivity index (χ0v) is 12.6. The molecular weight excluding hydrogens is 264 g/mol. The third kappa shape index (κ3) is 2.98. The zero-order chi connectivity index (χ0) is 14.8. The van der Waals surface area contributed by atoms with Crippen LogP contribution in [-0.4, -0.2) is 11.7 Å². The summed E-state index contributed by atoms with van der Waals surface area (Å²) in [6.07, 6.45) is 1.34. The lowest BCUT2D eigenvalue weighted by molar-refractivity contribution is 0.180. The first-order valence-corrected chi connectivity index (χ1v) is 7.70. The van der Waals surface area contributed by atoms with Crippen molar-refractivity contribution in [2.75, 3.05) is 6.61 Å². The Bertz CT molecular complexity index is 602. The molecule has 0 bridgehead atoms. The highest BCUT2D eigenvalue weighted by Gasteiger charge is 2.37. The second kappa shape index (κ2) is 5.94. The Labute approximate surface area is 125 Å². The van der Waals surface area contributed by atoms with Crippen molar-refractivity contribution < 1.29 is 14.3 Å². The summed E-state index contributed by atoms with van der Waals surface area (Å²) in [4.78, 5) is 0. The molecule has 1 aliphatic rings. The predicted octanol–water partition coefficient (Wildman–Crippen LogP) is 4.27. The minimum Gasteiger partial charge on any atom is -0.493 e. The van der Waals surface area contributed by atoms with Crippen LogP contribution in [0.2, 0.25) is 0 Å². The van der Waals surface area contributed by atoms with Gasteiger partial charge in [0.05, 0.1) is 6.61 Å². The van der Waals surface area contributed by atoms with Crippen molar-refractivity contribution in [3.63, 3.8) is 0 Å². The van der Waals surface area contributed by atoms with Crippen molar-refractivity contribution in [3.8, 4) is 5.75 Å². The van der Waals surface area contributed by atoms with Gasteiger partial charge < -0.3 is 14.3 Å². The van der Waals surface area contributed by atoms with Crippen LogP contribution in [0.1, 0.15) is 55.8 Å². The Kier molecular flexibility index (Phi) is 4.02. The van der Waals surface area contributed by atoms with Gasteiger partial charge in [0.25, 0.3) is 0 Å². The van der Waals surface area contributed by atoms with Crippen molar-refractivity contribution in [2.24, 2.45) is 5.92 Å². The first-order chi connectivity index (χ1) is 10.2. The monoisotopic (exact) mass is 286 g/mol. The molecule has 3 unspecified atom stereocenters. The summed E-state index contributed by atoms with van der Waals surface area (Å²) >= 11 is 0. The summed E-state index contributed by atoms with van der Waals surface area (Å²) in [5.41, 5.74) is 0.760. The van der Waals surface area contributed by atoms with Crippen molar-refractivity contribution in [1.82, 2.24) is 0 Å². The average molecular weight is 286 g/mol. The molecule has 112 valence electrons. The van der Waals surface area contributed by atoms with Crippen LogP contribution < -0.4 is 4.74 Å². The Balaban J connectivity index is 1.81. The van der Waals surface area contributed by atoms with E-state index in [2.05, 4.69) is 13.8 Å². The van der Waals surface area contributed by atoms with Gasteiger partial charge >= 0.3 is 0 Å². The van der Waals surface area contributed by atoms with E-state index in [4.69, 9.17) is 9.15 Å². The van der Waals surface area contributed by atoms with Crippen LogP contribution in [0.5, 0.6) is 5.75 Å². The van der Waals surface area contributed by atoms with Crippen LogP contribution in [-0.2, 0) is 0 Å². The SMILES string of the molecule is CCCOc1ccccc1C(O)c1ccc(C2CC2C)o1. The maximum Gasteiger partial charge on any atom is 0.140 e. The van der Waals surface area contributed by atoms with Crippen LogP contribution in [0, 0.1) is 5.92 Å². The number of para-hydroxylation sites is 1. The number of ether oxygens (including phenoxy) is 1. The number of benzene rings is 1. The smallest absolute Gasteiger partial charge is 0.140 e. The molecule has 1 aromatic heterocycles. The van der Waals surface area contributed by atoms with Gasteiger partial charge in [0.15, 0.2) is 0 Å². The first kappa shape index (κ1) is 14.2. The van der Waals surface area contributed by atoms with Gasteiger partial charge in [-0.15, -0.1) is 0 Å². The Morgan fingerprint density at radius 3 is 2.76 bits per heavy atom. The van der Waals surface area contributed by atoms with E-state index in [9.17, 15) is 5.11 Å². The largest absolute Gasteiger partial charge is 0.493 e. The maximum atomic E-state index is 10.6. The Hall–Kier alpha value is -1.74. The van der Waals surface area contributed by atoms with Crippen LogP contribution in [0.15, 0.2) is 40.8 Å². The minimum absolute atomic E-state index is 0.525. The third-order valence-corrected chi connectivity index (χ3v) is 4.07. The van der Waals surface area contributed by atoms with E-state index in [1.807, 2.05) is 36.4 Å². The summed E-state index contributed by atoms with van der Waals surface area (Å²) in [6, 6.07) is 11.5. The Morgan fingerprint density at radius 1 is 1.29 bits per heavy atom. The van der Waals surface area contributed by atoms with Gasteiger partial charge in [-0.2, -0.15) is 0 Å². The van der Waals surface area contributed by atoms with Gasteiger partial charge in [0.2, 0.25) is 0 Å². The van der Waals surface area contributed by atoms with Crippen molar-refractivity contribution in [1.29, 1.82) is 0 Å². The predicted molar refractivity (Wildman–Crippen MR) is 81.5 cm³/mol. The molecule has 0 amide bonds. The van der Waals surface area contributed by atoms with Crippen LogP contribution in [0.25, 0.3) is 0 Å². The van der Waals surface area contributed by atoms with E-state index >= 15 is 0 Å². The lowest BCUT2D eigenvalue weighted by Crippen LogP contribution is -2.04. The average Bonchev–Trinajstić information content (AvgIpc) is 3.04. The molecule has 0 saturated heterocycles. The molecular formula is C18H22O3. The summed E-state index contributed by atoms with van der Waals surface area (Å²) in [5.74, 6) is 3.53. The number of furan rings is 1. The van der Waals surface area contributed by atoms with Crippen molar-refractivity contribution in [2.45, 2.75) is 38.7 Å². The topological polar surface area (TPSA) is 42.6 Å². The van der Waals surface area contributed by atoms with E-state index in [1.54, 1.807) is 0 Å². The standard InChI is InChI=1S/C18H22O3/c1-3-10-20-15-7-5-4-6-13(15)18(19)17-9-8-16(21-17)14-11-12(14)2/h4-9,12,14,18-19H,3,10-11H2,1-2H3. The molecule has 3 atom stereocenters. The molecule has 1 N–H and O–H groups in total. The van der Waals surface area contributed by atoms with Gasteiger partial charge in [0.1, 0.15) is 23.4 Å². The lowest BCUT2D eigenvalue weighted by atomic mass is 10.1. The molecule has 1 saturated carbocycles. The van der Waals surface area contributed by atoms with E-state index in [0.717, 1.165) is 23.5 Å². The molecule has 1 heterocycles. The molecule has 3 heteroatoms. The number of rotatable bonds is 6. The van der Waals surface area contributed by atoms with E-state index < -0.39 is 6.10 Å². The third-order valence-electron chi connectivity index (χ3n) is 4.07.